The molecule has 4 saturated carbocycles. The molecule has 26 heavy (non-hydrogen) atoms. The molecule has 5 rings (SSSR count). The highest BCUT2D eigenvalue weighted by Gasteiger charge is 2.60. The fraction of sp³-hybridized carbons (Fsp3) is 0.810. The minimum Gasteiger partial charge on any atom is -0.455 e. The summed E-state index contributed by atoms with van der Waals surface area (Å²) in [5.41, 5.74) is 1.01. The normalized spacial score (nSPS) is 38.0. The van der Waals surface area contributed by atoms with Crippen molar-refractivity contribution in [2.45, 2.75) is 75.5 Å². The summed E-state index contributed by atoms with van der Waals surface area (Å²) in [6.07, 6.45) is 13.8. The Balaban J connectivity index is 1.24. The molecule has 4 fully saturated rings. The Morgan fingerprint density at radius 3 is 2.62 bits per heavy atom. The summed E-state index contributed by atoms with van der Waals surface area (Å²) in [5.74, 6) is 0.722. The Hall–Kier alpha value is -1.03. The van der Waals surface area contributed by atoms with Gasteiger partial charge in [0.05, 0.1) is 5.41 Å². The summed E-state index contributed by atoms with van der Waals surface area (Å²) in [7, 11) is 0. The average molecular weight is 380 g/mol. The third-order valence-corrected chi connectivity index (χ3v) is 7.35. The predicted molar refractivity (Wildman–Crippen MR) is 101 cm³/mol. The van der Waals surface area contributed by atoms with Crippen LogP contribution in [-0.2, 0) is 14.3 Å². The van der Waals surface area contributed by atoms with Crippen molar-refractivity contribution in [1.29, 1.82) is 0 Å². The standard InChI is InChI=1S/C21H30ClNO3/c22-21-11-16-8-17(12-21)10-20(9-16,14-21)19(25)26-13-18(24)23-7-6-15-4-2-1-3-5-15/h4,16-17H,1-3,5-14H2,(H,23,24)/t16-,17+,20?,21?. The molecular weight excluding hydrogens is 350 g/mol. The van der Waals surface area contributed by atoms with Gasteiger partial charge < -0.3 is 10.1 Å². The molecule has 144 valence electrons. The van der Waals surface area contributed by atoms with Crippen LogP contribution in [0.4, 0.5) is 0 Å². The number of halogens is 1. The molecule has 4 nitrogen and oxygen atoms in total. The van der Waals surface area contributed by atoms with E-state index >= 15 is 0 Å². The van der Waals surface area contributed by atoms with Gasteiger partial charge in [-0.05, 0) is 82.5 Å². The van der Waals surface area contributed by atoms with Gasteiger partial charge in [-0.15, -0.1) is 11.6 Å². The maximum Gasteiger partial charge on any atom is 0.312 e. The highest BCUT2D eigenvalue weighted by Crippen LogP contribution is 2.64. The summed E-state index contributed by atoms with van der Waals surface area (Å²) in [6, 6.07) is 0. The van der Waals surface area contributed by atoms with Crippen molar-refractivity contribution in [1.82, 2.24) is 5.32 Å². The van der Waals surface area contributed by atoms with Gasteiger partial charge in [-0.3, -0.25) is 9.59 Å². The first-order chi connectivity index (χ1) is 12.5. The van der Waals surface area contributed by atoms with E-state index in [1.807, 2.05) is 0 Å². The monoisotopic (exact) mass is 379 g/mol. The Labute approximate surface area is 161 Å². The molecule has 5 aliphatic rings. The number of carbonyl (C=O) groups is 2. The van der Waals surface area contributed by atoms with Crippen LogP contribution in [-0.4, -0.2) is 29.9 Å². The van der Waals surface area contributed by atoms with E-state index in [4.69, 9.17) is 16.3 Å². The summed E-state index contributed by atoms with van der Waals surface area (Å²) in [5, 5.41) is 2.88. The van der Waals surface area contributed by atoms with Crippen LogP contribution < -0.4 is 5.32 Å². The number of esters is 1. The highest BCUT2D eigenvalue weighted by molar-refractivity contribution is 6.24. The van der Waals surface area contributed by atoms with Crippen molar-refractivity contribution in [3.63, 3.8) is 0 Å². The van der Waals surface area contributed by atoms with Crippen LogP contribution in [0.3, 0.4) is 0 Å². The van der Waals surface area contributed by atoms with E-state index in [0.29, 0.717) is 18.4 Å². The molecule has 0 spiro atoms. The molecule has 2 unspecified atom stereocenters. The molecule has 0 aromatic rings. The van der Waals surface area contributed by atoms with Gasteiger partial charge in [0.15, 0.2) is 6.61 Å². The Morgan fingerprint density at radius 2 is 1.96 bits per heavy atom. The van der Waals surface area contributed by atoms with Gasteiger partial charge in [-0.2, -0.15) is 0 Å². The van der Waals surface area contributed by atoms with Crippen LogP contribution in [0, 0.1) is 17.3 Å². The number of allylic oxidation sites excluding steroid dienone is 1. The second-order valence-corrected chi connectivity index (χ2v) is 9.98. The molecule has 1 amide bonds. The fourth-order valence-corrected chi connectivity index (χ4v) is 6.91. The largest absolute Gasteiger partial charge is 0.455 e. The zero-order chi connectivity index (χ0) is 18.2. The van der Waals surface area contributed by atoms with Crippen LogP contribution in [0.2, 0.25) is 0 Å². The van der Waals surface area contributed by atoms with Gasteiger partial charge in [0.1, 0.15) is 0 Å². The first-order valence-corrected chi connectivity index (χ1v) is 10.6. The van der Waals surface area contributed by atoms with Crippen LogP contribution in [0.5, 0.6) is 0 Å². The van der Waals surface area contributed by atoms with Crippen LogP contribution >= 0.6 is 11.6 Å². The van der Waals surface area contributed by atoms with E-state index in [-0.39, 0.29) is 23.4 Å². The van der Waals surface area contributed by atoms with E-state index < -0.39 is 5.41 Å². The zero-order valence-corrected chi connectivity index (χ0v) is 16.3. The van der Waals surface area contributed by atoms with E-state index in [1.165, 1.54) is 24.8 Å². The molecule has 5 heteroatoms. The number of ether oxygens (including phenoxy) is 1. The van der Waals surface area contributed by atoms with Gasteiger partial charge >= 0.3 is 5.97 Å². The molecule has 1 N–H and O–H groups in total. The maximum atomic E-state index is 12.8. The van der Waals surface area contributed by atoms with Crippen molar-refractivity contribution in [3.05, 3.63) is 11.6 Å². The van der Waals surface area contributed by atoms with Gasteiger partial charge in [-0.25, -0.2) is 0 Å². The van der Waals surface area contributed by atoms with Gasteiger partial charge in [0.2, 0.25) is 0 Å². The molecule has 0 aromatic heterocycles. The number of amides is 1. The van der Waals surface area contributed by atoms with Crippen molar-refractivity contribution in [3.8, 4) is 0 Å². The third-order valence-electron chi connectivity index (χ3n) is 6.91. The van der Waals surface area contributed by atoms with Gasteiger partial charge in [0, 0.05) is 11.4 Å². The first kappa shape index (κ1) is 18.3. The van der Waals surface area contributed by atoms with Crippen LogP contribution in [0.1, 0.15) is 70.6 Å². The number of rotatable bonds is 6. The minimum atomic E-state index is -0.432. The number of nitrogens with one attached hydrogen (secondary N) is 1. The first-order valence-electron chi connectivity index (χ1n) is 10.3. The van der Waals surface area contributed by atoms with E-state index in [9.17, 15) is 9.59 Å². The molecule has 0 aromatic carbocycles. The SMILES string of the molecule is O=C(COC(=O)C12C[C@@H]3C[C@@H](CC(Cl)(C3)C1)C2)NCCC1=CCCCC1. The van der Waals surface area contributed by atoms with Crippen molar-refractivity contribution in [2.24, 2.45) is 17.3 Å². The van der Waals surface area contributed by atoms with E-state index in [2.05, 4.69) is 11.4 Å². The Kier molecular flexibility index (Phi) is 5.06. The highest BCUT2D eigenvalue weighted by atomic mass is 35.5. The smallest absolute Gasteiger partial charge is 0.312 e. The number of hydrogen-bond acceptors (Lipinski definition) is 3. The quantitative estimate of drug-likeness (QED) is 0.429. The molecule has 0 saturated heterocycles. The predicted octanol–water partition coefficient (Wildman–Crippen LogP) is 4.11. The van der Waals surface area contributed by atoms with Crippen molar-refractivity contribution >= 4 is 23.5 Å². The second-order valence-electron chi connectivity index (χ2n) is 9.18. The molecule has 5 aliphatic carbocycles. The number of hydrogen-bond donors (Lipinski definition) is 1. The molecule has 4 atom stereocenters. The lowest BCUT2D eigenvalue weighted by Crippen LogP contribution is -2.56. The van der Waals surface area contributed by atoms with Crippen molar-refractivity contribution < 1.29 is 14.3 Å². The maximum absolute atomic E-state index is 12.8. The van der Waals surface area contributed by atoms with Gasteiger partial charge in [0.25, 0.3) is 5.91 Å². The molecule has 0 heterocycles. The summed E-state index contributed by atoms with van der Waals surface area (Å²) >= 11 is 6.78. The lowest BCUT2D eigenvalue weighted by Gasteiger charge is -2.58. The lowest BCUT2D eigenvalue weighted by molar-refractivity contribution is -0.171. The molecule has 0 radical (unpaired) electrons. The fourth-order valence-electron chi connectivity index (χ4n) is 6.22. The van der Waals surface area contributed by atoms with Crippen LogP contribution in [0.25, 0.3) is 0 Å². The summed E-state index contributed by atoms with van der Waals surface area (Å²) < 4.78 is 5.45. The Morgan fingerprint density at radius 1 is 1.19 bits per heavy atom. The topological polar surface area (TPSA) is 55.4 Å². The van der Waals surface area contributed by atoms with E-state index in [0.717, 1.165) is 51.4 Å². The van der Waals surface area contributed by atoms with Crippen LogP contribution in [0.15, 0.2) is 11.6 Å². The number of alkyl halides is 1. The van der Waals surface area contributed by atoms with Crippen molar-refractivity contribution in [2.75, 3.05) is 13.2 Å². The lowest BCUT2D eigenvalue weighted by atomic mass is 9.49. The van der Waals surface area contributed by atoms with Gasteiger partial charge in [-0.1, -0.05) is 11.6 Å². The summed E-state index contributed by atoms with van der Waals surface area (Å²) in [4.78, 5) is 24.6. The number of carbonyl (C=O) groups excluding carboxylic acids is 2. The minimum absolute atomic E-state index is 0.162. The molecule has 4 bridgehead atoms. The Bertz CT molecular complexity index is 600. The third kappa shape index (κ3) is 3.81. The zero-order valence-electron chi connectivity index (χ0n) is 15.5. The van der Waals surface area contributed by atoms with E-state index in [1.54, 1.807) is 0 Å². The average Bonchev–Trinajstić information content (AvgIpc) is 2.58. The molecular formula is C21H30ClNO3. The second kappa shape index (κ2) is 7.18. The molecule has 0 aliphatic heterocycles. The summed E-state index contributed by atoms with van der Waals surface area (Å²) in [6.45, 7) is 0.465.